The van der Waals surface area contributed by atoms with E-state index in [1.54, 1.807) is 36.5 Å². The van der Waals surface area contributed by atoms with E-state index in [1.807, 2.05) is 54.9 Å². The molecule has 0 aliphatic carbocycles. The van der Waals surface area contributed by atoms with Gasteiger partial charge in [0.05, 0.1) is 34.2 Å². The van der Waals surface area contributed by atoms with Crippen LogP contribution < -0.4 is 11.1 Å². The second-order valence-corrected chi connectivity index (χ2v) is 18.7. The molecule has 0 saturated carbocycles. The van der Waals surface area contributed by atoms with Crippen molar-refractivity contribution in [1.82, 2.24) is 19.1 Å². The summed E-state index contributed by atoms with van der Waals surface area (Å²) in [4.78, 5) is 9.26. The maximum absolute atomic E-state index is 12.9. The second kappa shape index (κ2) is 18.5. The largest absolute Gasteiger partial charge is 0.347 e. The topological polar surface area (TPSA) is 108 Å². The lowest BCUT2D eigenvalue weighted by Crippen LogP contribution is -2.30. The normalized spacial score (nSPS) is 12.6. The predicted molar refractivity (Wildman–Crippen MR) is 256 cm³/mol. The quantitative estimate of drug-likeness (QED) is 0.173. The molecule has 0 amide bonds. The van der Waals surface area contributed by atoms with Gasteiger partial charge in [-0.2, -0.15) is 0 Å². The molecule has 322 valence electrons. The Balaban J connectivity index is 0.000000216. The maximum atomic E-state index is 12.9. The Labute approximate surface area is 366 Å². The van der Waals surface area contributed by atoms with Crippen LogP contribution in [0.15, 0.2) is 138 Å². The van der Waals surface area contributed by atoms with Crippen LogP contribution in [0.25, 0.3) is 22.5 Å². The molecule has 0 radical (unpaired) electrons. The highest BCUT2D eigenvalue weighted by Crippen LogP contribution is 2.37. The van der Waals surface area contributed by atoms with Crippen LogP contribution in [0, 0.1) is 27.7 Å². The molecular formula is C52H66N6O2S. The average Bonchev–Trinajstić information content (AvgIpc) is 3.85. The van der Waals surface area contributed by atoms with Gasteiger partial charge in [0.1, 0.15) is 0 Å². The lowest BCUT2D eigenvalue weighted by atomic mass is 9.93. The Morgan fingerprint density at radius 1 is 0.607 bits per heavy atom. The van der Waals surface area contributed by atoms with Gasteiger partial charge in [0, 0.05) is 31.2 Å². The van der Waals surface area contributed by atoms with Crippen LogP contribution in [0.3, 0.4) is 0 Å². The van der Waals surface area contributed by atoms with Crippen molar-refractivity contribution >= 4 is 15.8 Å². The Bertz CT molecular complexity index is 2700. The maximum Gasteiger partial charge on any atom is 0.240 e. The molecule has 0 fully saturated rings. The Morgan fingerprint density at radius 2 is 1.03 bits per heavy atom. The summed E-state index contributed by atoms with van der Waals surface area (Å²) in [5.74, 6) is 0.952. The first-order chi connectivity index (χ1) is 28.0. The van der Waals surface area contributed by atoms with Gasteiger partial charge >= 0.3 is 0 Å². The smallest absolute Gasteiger partial charge is 0.240 e. The number of aromatic nitrogens is 4. The van der Waals surface area contributed by atoms with Crippen LogP contribution in [-0.4, -0.2) is 27.5 Å². The van der Waals surface area contributed by atoms with E-state index < -0.39 is 9.84 Å². The molecule has 5 aromatic carbocycles. The fourth-order valence-electron chi connectivity index (χ4n) is 7.81. The minimum atomic E-state index is -3.61. The number of benzene rings is 5. The van der Waals surface area contributed by atoms with Crippen LogP contribution in [0.4, 0.5) is 5.95 Å². The molecule has 2 aromatic heterocycles. The molecule has 9 rings (SSSR count). The van der Waals surface area contributed by atoms with Gasteiger partial charge in [-0.15, -0.1) is 0 Å². The number of nitrogens with one attached hydrogen (secondary N) is 1. The van der Waals surface area contributed by atoms with Crippen LogP contribution in [0.5, 0.6) is 0 Å². The standard InChI is InChI=1S/C22H25N3.C19H18N2O2S.C9H13N.2CH4.H2/c1-15-12-17-10-11-25-20(19(17)13-16(15)2)14-23-21(25)24-22(3,4)18-8-6-5-7-9-18;1-13-10-15-8-9-21-18(17(15)11-14(13)2)12-20-19(21)24(22,23)16-6-4-3-5-7-16;1-9(2,10)8-6-4-3-5-7-8;;;/h5-9,12-14H,10-11H2,1-4H3,(H,23,24);3-7,10-12H,8-9H2,1-2H3;3-7H,10H2,1-2H3;2*1H4;1H. The van der Waals surface area contributed by atoms with Crippen molar-refractivity contribution in [2.45, 2.75) is 117 Å². The zero-order valence-electron chi connectivity index (χ0n) is 35.5. The first kappa shape index (κ1) is 46.3. The third-order valence-corrected chi connectivity index (χ3v) is 13.3. The number of nitrogens with zero attached hydrogens (tertiary/aromatic N) is 4. The fraction of sp³-hybridized carbons (Fsp3) is 0.308. The molecule has 2 aliphatic heterocycles. The van der Waals surface area contributed by atoms with E-state index in [0.29, 0.717) is 6.54 Å². The molecule has 0 bridgehead atoms. The highest BCUT2D eigenvalue weighted by molar-refractivity contribution is 7.91. The molecule has 4 heterocycles. The van der Waals surface area contributed by atoms with Crippen molar-refractivity contribution in [3.05, 3.63) is 172 Å². The highest BCUT2D eigenvalue weighted by Gasteiger charge is 2.29. The summed E-state index contributed by atoms with van der Waals surface area (Å²) in [6.45, 7) is 18.6. The summed E-state index contributed by atoms with van der Waals surface area (Å²) in [6, 6.07) is 38.1. The number of rotatable bonds is 6. The predicted octanol–water partition coefficient (Wildman–Crippen LogP) is 12.0. The lowest BCUT2D eigenvalue weighted by Gasteiger charge is -2.29. The summed E-state index contributed by atoms with van der Waals surface area (Å²) >= 11 is 0. The van der Waals surface area contributed by atoms with Gasteiger partial charge in [-0.1, -0.05) is 106 Å². The average molecular weight is 839 g/mol. The van der Waals surface area contributed by atoms with Crippen molar-refractivity contribution in [1.29, 1.82) is 0 Å². The number of fused-ring (bicyclic) bond motifs is 6. The second-order valence-electron chi connectivity index (χ2n) is 16.9. The molecule has 0 saturated heterocycles. The third kappa shape index (κ3) is 9.74. The summed E-state index contributed by atoms with van der Waals surface area (Å²) < 4.78 is 30.0. The van der Waals surface area contributed by atoms with Crippen LogP contribution in [0.2, 0.25) is 0 Å². The van der Waals surface area contributed by atoms with E-state index in [1.165, 1.54) is 55.8 Å². The first-order valence-electron chi connectivity index (χ1n) is 20.3. The molecule has 2 aliphatic rings. The van der Waals surface area contributed by atoms with Gasteiger partial charge in [0.15, 0.2) is 0 Å². The summed E-state index contributed by atoms with van der Waals surface area (Å²) in [7, 11) is -3.61. The molecule has 8 nitrogen and oxygen atoms in total. The van der Waals surface area contributed by atoms with E-state index >= 15 is 0 Å². The highest BCUT2D eigenvalue weighted by atomic mass is 32.2. The zero-order valence-corrected chi connectivity index (χ0v) is 36.4. The number of sulfone groups is 1. The minimum Gasteiger partial charge on any atom is -0.347 e. The first-order valence-corrected chi connectivity index (χ1v) is 21.8. The number of aryl methyl sites for hydroxylation is 6. The van der Waals surface area contributed by atoms with Crippen molar-refractivity contribution < 1.29 is 9.84 Å². The van der Waals surface area contributed by atoms with Crippen molar-refractivity contribution in [2.24, 2.45) is 5.73 Å². The summed E-state index contributed by atoms with van der Waals surface area (Å²) in [5.41, 5.74) is 20.3. The van der Waals surface area contributed by atoms with E-state index in [9.17, 15) is 8.42 Å². The van der Waals surface area contributed by atoms with Crippen LogP contribution in [-0.2, 0) is 46.8 Å². The lowest BCUT2D eigenvalue weighted by molar-refractivity contribution is 0.554. The zero-order chi connectivity index (χ0) is 42.1. The van der Waals surface area contributed by atoms with Gasteiger partial charge < -0.3 is 20.2 Å². The fourth-order valence-corrected chi connectivity index (χ4v) is 9.20. The minimum absolute atomic E-state index is 0. The van der Waals surface area contributed by atoms with Gasteiger partial charge in [-0.05, 0) is 137 Å². The SMILES string of the molecule is C.C.CC(C)(N)c1ccccc1.Cc1cc2c(cc1C)-c1cnc(NC(C)(C)c3ccccc3)n1CC2.Cc1cc2c(cc1C)-c1cnc(S(=O)(=O)c3ccccc3)n1CC2.[HH]. The Kier molecular flexibility index (Phi) is 14.0. The van der Waals surface area contributed by atoms with E-state index in [-0.39, 0.29) is 37.4 Å². The molecule has 3 N–H and O–H groups in total. The molecular weight excluding hydrogens is 773 g/mol. The monoisotopic (exact) mass is 838 g/mol. The van der Waals surface area contributed by atoms with Crippen LogP contribution in [0.1, 0.15) is 88.5 Å². The summed E-state index contributed by atoms with van der Waals surface area (Å²) in [6.07, 6.45) is 5.57. The van der Waals surface area contributed by atoms with E-state index in [2.05, 4.69) is 111 Å². The number of nitrogens with two attached hydrogens (primary N) is 1. The van der Waals surface area contributed by atoms with Crippen LogP contribution >= 0.6 is 0 Å². The molecule has 9 heteroatoms. The third-order valence-electron chi connectivity index (χ3n) is 11.6. The Hall–Kier alpha value is -5.77. The van der Waals surface area contributed by atoms with E-state index in [0.717, 1.165) is 36.6 Å². The molecule has 7 aromatic rings. The van der Waals surface area contributed by atoms with Crippen molar-refractivity contribution in [3.8, 4) is 22.5 Å². The van der Waals surface area contributed by atoms with Crippen molar-refractivity contribution in [3.63, 3.8) is 0 Å². The number of anilines is 1. The van der Waals surface area contributed by atoms with Gasteiger partial charge in [0.25, 0.3) is 0 Å². The van der Waals surface area contributed by atoms with E-state index in [4.69, 9.17) is 10.7 Å². The van der Waals surface area contributed by atoms with Gasteiger partial charge in [-0.25, -0.2) is 18.4 Å². The molecule has 0 spiro atoms. The van der Waals surface area contributed by atoms with Gasteiger partial charge in [0.2, 0.25) is 20.9 Å². The molecule has 61 heavy (non-hydrogen) atoms. The number of imidazole rings is 2. The molecule has 0 unspecified atom stereocenters. The van der Waals surface area contributed by atoms with Gasteiger partial charge in [-0.3, -0.25) is 0 Å². The summed E-state index contributed by atoms with van der Waals surface area (Å²) in [5, 5.41) is 3.78. The Morgan fingerprint density at radius 3 is 1.52 bits per heavy atom. The molecule has 0 atom stereocenters. The number of hydrogen-bond acceptors (Lipinski definition) is 6. The number of hydrogen-bond donors (Lipinski definition) is 2. The van der Waals surface area contributed by atoms with Crippen molar-refractivity contribution in [2.75, 3.05) is 5.32 Å².